The number of likely N-dealkylation sites (tertiary alicyclic amines) is 2. The summed E-state index contributed by atoms with van der Waals surface area (Å²) in [5.74, 6) is -4.74. The first-order valence-electron chi connectivity index (χ1n) is 17.5. The summed E-state index contributed by atoms with van der Waals surface area (Å²) in [5.41, 5.74) is -3.40. The van der Waals surface area contributed by atoms with Crippen LogP contribution in [0.5, 0.6) is 0 Å². The van der Waals surface area contributed by atoms with Crippen molar-refractivity contribution in [3.05, 3.63) is 35.4 Å². The Morgan fingerprint density at radius 3 is 1.96 bits per heavy atom. The Kier molecular flexibility index (Phi) is 14.1. The zero-order chi connectivity index (χ0) is 40.8. The second-order valence-electron chi connectivity index (χ2n) is 14.4. The van der Waals surface area contributed by atoms with E-state index in [1.165, 1.54) is 35.8 Å². The van der Waals surface area contributed by atoms with E-state index in [9.17, 15) is 46.7 Å². The lowest BCUT2D eigenvalue weighted by Crippen LogP contribution is -2.65. The Morgan fingerprint density at radius 1 is 0.870 bits per heavy atom. The maximum Gasteiger partial charge on any atom is 0.416 e. The summed E-state index contributed by atoms with van der Waals surface area (Å²) in [7, 11) is 1.06. The lowest BCUT2D eigenvalue weighted by Gasteiger charge is -2.41. The summed E-state index contributed by atoms with van der Waals surface area (Å²) in [6, 6.07) is -0.0952. The van der Waals surface area contributed by atoms with E-state index in [0.717, 1.165) is 33.1 Å². The second kappa shape index (κ2) is 17.5. The van der Waals surface area contributed by atoms with Crippen molar-refractivity contribution < 1.29 is 65.7 Å². The molecular weight excluding hydrogens is 721 g/mol. The van der Waals surface area contributed by atoms with Crippen molar-refractivity contribution in [2.45, 2.75) is 128 Å². The number of alkyl carbamates (subject to hydrolysis) is 1. The molecule has 18 heteroatoms. The third-order valence-corrected chi connectivity index (χ3v) is 9.10. The van der Waals surface area contributed by atoms with E-state index in [1.807, 2.05) is 0 Å². The Hall–Kier alpha value is -4.90. The van der Waals surface area contributed by atoms with Crippen molar-refractivity contribution in [2.24, 2.45) is 0 Å². The van der Waals surface area contributed by atoms with E-state index in [0.29, 0.717) is 6.42 Å². The number of carbonyl (C=O) groups is 7. The van der Waals surface area contributed by atoms with Crippen LogP contribution in [0.3, 0.4) is 0 Å². The van der Waals surface area contributed by atoms with Gasteiger partial charge in [-0.1, -0.05) is 12.1 Å². The molecule has 54 heavy (non-hydrogen) atoms. The van der Waals surface area contributed by atoms with Crippen molar-refractivity contribution in [1.82, 2.24) is 20.4 Å². The average molecular weight is 771 g/mol. The zero-order valence-corrected chi connectivity index (χ0v) is 31.7. The van der Waals surface area contributed by atoms with Gasteiger partial charge in [0.15, 0.2) is 6.04 Å². The number of carbonyl (C=O) groups excluding carboxylic acids is 7. The molecule has 0 unspecified atom stereocenters. The summed E-state index contributed by atoms with van der Waals surface area (Å²) < 4.78 is 60.8. The van der Waals surface area contributed by atoms with E-state index in [-0.39, 0.29) is 44.3 Å². The Morgan fingerprint density at radius 2 is 1.44 bits per heavy atom. The molecule has 2 saturated heterocycles. The highest BCUT2D eigenvalue weighted by Crippen LogP contribution is 2.37. The number of alkyl halides is 3. The minimum absolute atomic E-state index is 0.00273. The van der Waals surface area contributed by atoms with Crippen LogP contribution in [0.2, 0.25) is 0 Å². The normalized spacial score (nSPS) is 20.9. The lowest BCUT2D eigenvalue weighted by atomic mass is 9.85. The minimum Gasteiger partial charge on any atom is -0.467 e. The number of hydrogen-bond acceptors (Lipinski definition) is 11. The van der Waals surface area contributed by atoms with Crippen LogP contribution in [0.15, 0.2) is 24.3 Å². The number of hydrogen-bond donors (Lipinski definition) is 2. The molecule has 2 aliphatic heterocycles. The molecule has 3 rings (SSSR count). The van der Waals surface area contributed by atoms with Gasteiger partial charge in [0, 0.05) is 33.4 Å². The molecule has 6 atom stereocenters. The maximum atomic E-state index is 14.6. The van der Waals surface area contributed by atoms with Crippen LogP contribution >= 0.6 is 0 Å². The molecule has 0 saturated carbocycles. The number of nitrogens with one attached hydrogen (secondary N) is 2. The van der Waals surface area contributed by atoms with Crippen LogP contribution in [0.4, 0.5) is 18.0 Å². The van der Waals surface area contributed by atoms with Gasteiger partial charge in [-0.25, -0.2) is 9.59 Å². The fourth-order valence-electron chi connectivity index (χ4n) is 6.74. The number of methoxy groups -OCH3 is 1. The van der Waals surface area contributed by atoms with Gasteiger partial charge in [-0.3, -0.25) is 24.0 Å². The molecule has 15 nitrogen and oxygen atoms in total. The lowest BCUT2D eigenvalue weighted by molar-refractivity contribution is -0.159. The molecule has 0 aromatic heterocycles. The summed E-state index contributed by atoms with van der Waals surface area (Å²) >= 11 is 0. The van der Waals surface area contributed by atoms with Gasteiger partial charge in [0.25, 0.3) is 0 Å². The standard InChI is InChI=1S/C36H49F3N4O11/c1-20(52-22(3)44)27(41-33(50)54-34(5,6)7)30(47)42-17-9-11-26(42)29(46)43-18-10-16-35(43,19-24-12-14-25(15-13-24)36(37,38)39)32(49)40-28(31(48)51-8)21(2)53-23(4)45/h12-15,20-21,26-28H,9-11,16-19H2,1-8H3,(H,40,49)(H,41,50)/t20-,21-,26+,27+,28-,35-/m1/s1. The Bertz CT molecular complexity index is 1580. The average Bonchev–Trinajstić information content (AvgIpc) is 3.72. The summed E-state index contributed by atoms with van der Waals surface area (Å²) in [6.07, 6.45) is -7.54. The highest BCUT2D eigenvalue weighted by Gasteiger charge is 2.54. The third kappa shape index (κ3) is 10.8. The van der Waals surface area contributed by atoms with Gasteiger partial charge in [-0.15, -0.1) is 0 Å². The number of esters is 3. The Balaban J connectivity index is 2.05. The molecule has 1 aromatic rings. The molecule has 2 aliphatic rings. The van der Waals surface area contributed by atoms with E-state index < -0.39 is 94.9 Å². The number of ether oxygens (including phenoxy) is 4. The number of nitrogens with zero attached hydrogens (tertiary/aromatic N) is 2. The molecule has 1 aromatic carbocycles. The van der Waals surface area contributed by atoms with Crippen molar-refractivity contribution in [3.63, 3.8) is 0 Å². The van der Waals surface area contributed by atoms with Gasteiger partial charge in [0.1, 0.15) is 35.4 Å². The second-order valence-corrected chi connectivity index (χ2v) is 14.4. The minimum atomic E-state index is -4.63. The van der Waals surface area contributed by atoms with Crippen molar-refractivity contribution in [2.75, 3.05) is 20.2 Å². The molecule has 2 N–H and O–H groups in total. The van der Waals surface area contributed by atoms with E-state index in [1.54, 1.807) is 20.8 Å². The highest BCUT2D eigenvalue weighted by atomic mass is 19.4. The van der Waals surface area contributed by atoms with Gasteiger partial charge >= 0.3 is 30.2 Å². The van der Waals surface area contributed by atoms with Crippen molar-refractivity contribution in [1.29, 1.82) is 0 Å². The largest absolute Gasteiger partial charge is 0.467 e. The molecule has 2 heterocycles. The first kappa shape index (κ1) is 43.5. The highest BCUT2D eigenvalue weighted by molar-refractivity contribution is 5.98. The van der Waals surface area contributed by atoms with Gasteiger partial charge in [0.2, 0.25) is 17.7 Å². The third-order valence-electron chi connectivity index (χ3n) is 9.10. The number of amides is 4. The smallest absolute Gasteiger partial charge is 0.416 e. The molecule has 0 bridgehead atoms. The topological polar surface area (TPSA) is 187 Å². The summed E-state index contributed by atoms with van der Waals surface area (Å²) in [6.45, 7) is 9.87. The molecule has 0 spiro atoms. The fraction of sp³-hybridized carbons (Fsp3) is 0.639. The van der Waals surface area contributed by atoms with Crippen molar-refractivity contribution >= 4 is 41.7 Å². The molecule has 2 fully saturated rings. The zero-order valence-electron chi connectivity index (χ0n) is 31.7. The maximum absolute atomic E-state index is 14.6. The molecular formula is C36H49F3N4O11. The number of rotatable bonds is 12. The van der Waals surface area contributed by atoms with Crippen LogP contribution in [0.1, 0.15) is 85.3 Å². The first-order chi connectivity index (χ1) is 25.0. The number of halogens is 3. The van der Waals surface area contributed by atoms with Crippen LogP contribution in [0.25, 0.3) is 0 Å². The van der Waals surface area contributed by atoms with Crippen molar-refractivity contribution in [3.8, 4) is 0 Å². The van der Waals surface area contributed by atoms with Gasteiger partial charge in [0.05, 0.1) is 12.7 Å². The van der Waals surface area contributed by atoms with Crippen LogP contribution in [-0.2, 0) is 60.3 Å². The van der Waals surface area contributed by atoms with E-state index >= 15 is 0 Å². The Labute approximate surface area is 311 Å². The molecule has 0 radical (unpaired) electrons. The fourth-order valence-corrected chi connectivity index (χ4v) is 6.74. The van der Waals surface area contributed by atoms with Gasteiger partial charge in [-0.2, -0.15) is 13.2 Å². The van der Waals surface area contributed by atoms with Crippen LogP contribution in [0, 0.1) is 0 Å². The van der Waals surface area contributed by atoms with Gasteiger partial charge < -0.3 is 39.4 Å². The molecule has 0 aliphatic carbocycles. The number of benzene rings is 1. The van der Waals surface area contributed by atoms with Crippen LogP contribution in [-0.4, -0.2) is 113 Å². The predicted octanol–water partition coefficient (Wildman–Crippen LogP) is 3.05. The summed E-state index contributed by atoms with van der Waals surface area (Å²) in [5, 5.41) is 5.01. The van der Waals surface area contributed by atoms with E-state index in [2.05, 4.69) is 10.6 Å². The monoisotopic (exact) mass is 770 g/mol. The quantitative estimate of drug-likeness (QED) is 0.235. The summed E-state index contributed by atoms with van der Waals surface area (Å²) in [4.78, 5) is 95.0. The van der Waals surface area contributed by atoms with Crippen LogP contribution < -0.4 is 10.6 Å². The van der Waals surface area contributed by atoms with Gasteiger partial charge in [-0.05, 0) is 78.0 Å². The van der Waals surface area contributed by atoms with E-state index in [4.69, 9.17) is 18.9 Å². The molecule has 300 valence electrons. The predicted molar refractivity (Wildman–Crippen MR) is 183 cm³/mol. The molecule has 4 amide bonds. The SMILES string of the molecule is COC(=O)[C@H](NC(=O)[C@]1(Cc2ccc(C(F)(F)F)cc2)CCCN1C(=O)[C@@H]1CCCN1C(=O)[C@@H](NC(=O)OC(C)(C)C)[C@@H](C)OC(C)=O)[C@@H](C)OC(C)=O. The first-order valence-corrected chi connectivity index (χ1v) is 17.5.